The molecule has 3 N–H and O–H groups in total. The van der Waals surface area contributed by atoms with Crippen LogP contribution in [0.2, 0.25) is 0 Å². The third-order valence-corrected chi connectivity index (χ3v) is 7.02. The van der Waals surface area contributed by atoms with Crippen molar-refractivity contribution in [2.75, 3.05) is 6.54 Å². The average Bonchev–Trinajstić information content (AvgIpc) is 3.23. The van der Waals surface area contributed by atoms with Gasteiger partial charge in [0, 0.05) is 30.1 Å². The second kappa shape index (κ2) is 11.0. The van der Waals surface area contributed by atoms with Gasteiger partial charge in [-0.2, -0.15) is 0 Å². The fraction of sp³-hybridized carbons (Fsp3) is 0.407. The summed E-state index contributed by atoms with van der Waals surface area (Å²) in [4.78, 5) is 29.5. The molecule has 1 heterocycles. The summed E-state index contributed by atoms with van der Waals surface area (Å²) in [5.41, 5.74) is 1.87. The van der Waals surface area contributed by atoms with Gasteiger partial charge in [-0.3, -0.25) is 4.79 Å². The molecule has 3 atom stereocenters. The van der Waals surface area contributed by atoms with Crippen LogP contribution in [-0.4, -0.2) is 40.5 Å². The number of halogens is 1. The van der Waals surface area contributed by atoms with E-state index in [0.29, 0.717) is 19.4 Å². The molecule has 1 saturated carbocycles. The van der Waals surface area contributed by atoms with Gasteiger partial charge in [-0.15, -0.1) is 11.6 Å². The van der Waals surface area contributed by atoms with Crippen molar-refractivity contribution in [1.82, 2.24) is 15.6 Å². The lowest BCUT2D eigenvalue weighted by molar-refractivity contribution is -0.127. The SMILES string of the molecule is CC(Cc1c[nH]c2ccccc12)(NC(=O)O[C@@H]1CCCC[C@H]1Cl)C(=O)NCCc1ccccc1. The molecule has 34 heavy (non-hydrogen) atoms. The molecule has 2 amide bonds. The number of amides is 2. The number of carbonyl (C=O) groups is 2. The van der Waals surface area contributed by atoms with E-state index in [-0.39, 0.29) is 17.4 Å². The quantitative estimate of drug-likeness (QED) is 0.391. The van der Waals surface area contributed by atoms with Crippen molar-refractivity contribution in [1.29, 1.82) is 0 Å². The third kappa shape index (κ3) is 5.92. The first-order chi connectivity index (χ1) is 16.4. The standard InChI is InChI=1S/C27H32ClN3O3/c1-27(17-20-18-30-23-13-7-5-11-21(20)23,25(32)29-16-15-19-9-3-2-4-10-19)31-26(33)34-24-14-8-6-12-22(24)28/h2-5,7,9-11,13,18,22,24,30H,6,8,12,14-17H2,1H3,(H,29,32)(H,31,33)/t22-,24-,27?/m1/s1. The fourth-order valence-corrected chi connectivity index (χ4v) is 4.91. The molecule has 1 aromatic heterocycles. The highest BCUT2D eigenvalue weighted by Crippen LogP contribution is 2.27. The predicted octanol–water partition coefficient (Wildman–Crippen LogP) is 5.10. The van der Waals surface area contributed by atoms with E-state index in [0.717, 1.165) is 47.7 Å². The normalized spacial score (nSPS) is 19.8. The van der Waals surface area contributed by atoms with Crippen molar-refractivity contribution < 1.29 is 14.3 Å². The summed E-state index contributed by atoms with van der Waals surface area (Å²) >= 11 is 6.38. The van der Waals surface area contributed by atoms with Crippen molar-refractivity contribution >= 4 is 34.5 Å². The zero-order chi connectivity index (χ0) is 24.0. The van der Waals surface area contributed by atoms with Crippen LogP contribution in [0.4, 0.5) is 4.79 Å². The Balaban J connectivity index is 1.48. The van der Waals surface area contributed by atoms with Gasteiger partial charge in [-0.1, -0.05) is 55.0 Å². The van der Waals surface area contributed by atoms with Gasteiger partial charge in [0.2, 0.25) is 5.91 Å². The summed E-state index contributed by atoms with van der Waals surface area (Å²) in [5, 5.41) is 6.70. The predicted molar refractivity (Wildman–Crippen MR) is 135 cm³/mol. The minimum Gasteiger partial charge on any atom is -0.445 e. The molecule has 0 aliphatic heterocycles. The highest BCUT2D eigenvalue weighted by atomic mass is 35.5. The Labute approximate surface area is 205 Å². The first-order valence-corrected chi connectivity index (χ1v) is 12.4. The summed E-state index contributed by atoms with van der Waals surface area (Å²) in [7, 11) is 0. The summed E-state index contributed by atoms with van der Waals surface area (Å²) in [6.45, 7) is 2.21. The monoisotopic (exact) mass is 481 g/mol. The van der Waals surface area contributed by atoms with Gasteiger partial charge in [-0.05, 0) is 49.8 Å². The Bertz CT molecular complexity index is 1120. The molecule has 0 bridgehead atoms. The van der Waals surface area contributed by atoms with Crippen LogP contribution in [0.25, 0.3) is 10.9 Å². The second-order valence-corrected chi connectivity index (χ2v) is 9.79. The lowest BCUT2D eigenvalue weighted by atomic mass is 9.91. The maximum absolute atomic E-state index is 13.4. The van der Waals surface area contributed by atoms with E-state index in [1.54, 1.807) is 6.92 Å². The molecule has 4 rings (SSSR count). The summed E-state index contributed by atoms with van der Waals surface area (Å²) in [6, 6.07) is 17.9. The van der Waals surface area contributed by atoms with Gasteiger partial charge >= 0.3 is 6.09 Å². The largest absolute Gasteiger partial charge is 0.445 e. The number of carbonyl (C=O) groups excluding carboxylic acids is 2. The molecule has 1 aliphatic carbocycles. The zero-order valence-electron chi connectivity index (χ0n) is 19.5. The molecule has 3 aromatic rings. The van der Waals surface area contributed by atoms with Crippen molar-refractivity contribution in [2.24, 2.45) is 0 Å². The van der Waals surface area contributed by atoms with E-state index in [1.165, 1.54) is 0 Å². The minimum absolute atomic E-state index is 0.195. The molecule has 7 heteroatoms. The molecule has 0 radical (unpaired) electrons. The van der Waals surface area contributed by atoms with Gasteiger partial charge in [-0.25, -0.2) is 4.79 Å². The number of benzene rings is 2. The van der Waals surface area contributed by atoms with Crippen molar-refractivity contribution in [3.05, 3.63) is 71.9 Å². The van der Waals surface area contributed by atoms with Crippen LogP contribution in [-0.2, 0) is 22.4 Å². The van der Waals surface area contributed by atoms with Crippen LogP contribution < -0.4 is 10.6 Å². The average molecular weight is 482 g/mol. The van der Waals surface area contributed by atoms with Gasteiger partial charge in [0.15, 0.2) is 0 Å². The smallest absolute Gasteiger partial charge is 0.408 e. The molecule has 6 nitrogen and oxygen atoms in total. The lowest BCUT2D eigenvalue weighted by Gasteiger charge is -2.32. The summed E-state index contributed by atoms with van der Waals surface area (Å²) in [5.74, 6) is -0.253. The van der Waals surface area contributed by atoms with Crippen LogP contribution in [0.15, 0.2) is 60.8 Å². The first kappa shape index (κ1) is 24.1. The van der Waals surface area contributed by atoms with Crippen molar-refractivity contribution in [3.63, 3.8) is 0 Å². The number of aromatic amines is 1. The Morgan fingerprint density at radius 1 is 1.09 bits per heavy atom. The zero-order valence-corrected chi connectivity index (χ0v) is 20.2. The Morgan fingerprint density at radius 3 is 2.62 bits per heavy atom. The summed E-state index contributed by atoms with van der Waals surface area (Å²) < 4.78 is 5.66. The molecular weight excluding hydrogens is 450 g/mol. The number of alkyl halides is 1. The van der Waals surface area contributed by atoms with E-state index in [4.69, 9.17) is 16.3 Å². The van der Waals surface area contributed by atoms with Crippen LogP contribution in [0.5, 0.6) is 0 Å². The number of H-pyrrole nitrogens is 1. The number of ether oxygens (including phenoxy) is 1. The van der Waals surface area contributed by atoms with E-state index < -0.39 is 11.6 Å². The van der Waals surface area contributed by atoms with Gasteiger partial charge in [0.1, 0.15) is 11.6 Å². The van der Waals surface area contributed by atoms with Gasteiger partial charge < -0.3 is 20.4 Å². The first-order valence-electron chi connectivity index (χ1n) is 11.9. The second-order valence-electron chi connectivity index (χ2n) is 9.23. The number of hydrogen-bond acceptors (Lipinski definition) is 3. The van der Waals surface area contributed by atoms with E-state index >= 15 is 0 Å². The molecule has 2 aromatic carbocycles. The van der Waals surface area contributed by atoms with E-state index in [1.807, 2.05) is 60.8 Å². The van der Waals surface area contributed by atoms with Crippen molar-refractivity contribution in [2.45, 2.75) is 62.5 Å². The van der Waals surface area contributed by atoms with Crippen LogP contribution in [0.1, 0.15) is 43.7 Å². The maximum atomic E-state index is 13.4. The maximum Gasteiger partial charge on any atom is 0.408 e. The highest BCUT2D eigenvalue weighted by molar-refractivity contribution is 6.21. The molecule has 1 unspecified atom stereocenters. The number of nitrogens with one attached hydrogen (secondary N) is 3. The lowest BCUT2D eigenvalue weighted by Crippen LogP contribution is -2.59. The van der Waals surface area contributed by atoms with Crippen LogP contribution >= 0.6 is 11.6 Å². The molecule has 0 spiro atoms. The molecule has 1 aliphatic rings. The number of rotatable bonds is 8. The molecule has 0 saturated heterocycles. The number of aromatic nitrogens is 1. The number of hydrogen-bond donors (Lipinski definition) is 3. The van der Waals surface area contributed by atoms with Crippen LogP contribution in [0.3, 0.4) is 0 Å². The third-order valence-electron chi connectivity index (χ3n) is 6.52. The van der Waals surface area contributed by atoms with Crippen LogP contribution in [0, 0.1) is 0 Å². The van der Waals surface area contributed by atoms with Crippen molar-refractivity contribution in [3.8, 4) is 0 Å². The minimum atomic E-state index is -1.20. The number of alkyl carbamates (subject to hydrolysis) is 1. The number of fused-ring (bicyclic) bond motifs is 1. The number of para-hydroxylation sites is 1. The topological polar surface area (TPSA) is 83.2 Å². The summed E-state index contributed by atoms with van der Waals surface area (Å²) in [6.07, 6.45) is 5.55. The Hall–Kier alpha value is -2.99. The Kier molecular flexibility index (Phi) is 7.78. The Morgan fingerprint density at radius 2 is 1.82 bits per heavy atom. The highest BCUT2D eigenvalue weighted by Gasteiger charge is 2.37. The van der Waals surface area contributed by atoms with Gasteiger partial charge in [0.05, 0.1) is 5.38 Å². The van der Waals surface area contributed by atoms with E-state index in [9.17, 15) is 9.59 Å². The van der Waals surface area contributed by atoms with Gasteiger partial charge in [0.25, 0.3) is 0 Å². The molecular formula is C27H32ClN3O3. The fourth-order valence-electron chi connectivity index (χ4n) is 4.58. The molecule has 180 valence electrons. The van der Waals surface area contributed by atoms with E-state index in [2.05, 4.69) is 15.6 Å². The molecule has 1 fully saturated rings.